The van der Waals surface area contributed by atoms with E-state index in [2.05, 4.69) is 15.2 Å². The summed E-state index contributed by atoms with van der Waals surface area (Å²) >= 11 is 0. The molecule has 28 heavy (non-hydrogen) atoms. The van der Waals surface area contributed by atoms with Crippen molar-refractivity contribution in [1.82, 2.24) is 19.8 Å². The number of halogens is 1. The predicted octanol–water partition coefficient (Wildman–Crippen LogP) is 2.52. The molecule has 0 bridgehead atoms. The van der Waals surface area contributed by atoms with Gasteiger partial charge in [-0.15, -0.1) is 0 Å². The van der Waals surface area contributed by atoms with Crippen LogP contribution in [-0.4, -0.2) is 51.8 Å². The van der Waals surface area contributed by atoms with Crippen molar-refractivity contribution in [1.29, 1.82) is 0 Å². The van der Waals surface area contributed by atoms with E-state index in [0.717, 1.165) is 25.9 Å². The summed E-state index contributed by atoms with van der Waals surface area (Å²) in [5, 5.41) is 2.81. The predicted molar refractivity (Wildman–Crippen MR) is 105 cm³/mol. The quantitative estimate of drug-likeness (QED) is 0.868. The van der Waals surface area contributed by atoms with Gasteiger partial charge >= 0.3 is 6.09 Å². The molecule has 0 aliphatic carbocycles. The lowest BCUT2D eigenvalue weighted by Gasteiger charge is -2.32. The minimum absolute atomic E-state index is 0.0916. The maximum atomic E-state index is 13.4. The molecule has 1 N–H and O–H groups in total. The van der Waals surface area contributed by atoms with Gasteiger partial charge in [0.2, 0.25) is 0 Å². The van der Waals surface area contributed by atoms with Crippen molar-refractivity contribution in [2.24, 2.45) is 0 Å². The first-order chi connectivity index (χ1) is 13.2. The van der Waals surface area contributed by atoms with Crippen LogP contribution in [0.3, 0.4) is 0 Å². The number of fused-ring (bicyclic) bond motifs is 1. The van der Waals surface area contributed by atoms with Crippen LogP contribution in [-0.2, 0) is 11.3 Å². The first-order valence-corrected chi connectivity index (χ1v) is 9.57. The Labute approximate surface area is 163 Å². The standard InChI is InChI=1S/C20H27FN4O3/c1-20(2,3)23-19(27)28-15-6-8-24(9-7-15)10-11-25-17-5-4-14(21)12-16(17)22-13-18(25)26/h4-5,12-13,15H,6-11H2,1-3H3,(H,23,27). The van der Waals surface area contributed by atoms with Gasteiger partial charge in [0.1, 0.15) is 11.9 Å². The molecule has 1 aliphatic rings. The largest absolute Gasteiger partial charge is 0.446 e. The number of likely N-dealkylation sites (tertiary alicyclic amines) is 1. The maximum Gasteiger partial charge on any atom is 0.407 e. The topological polar surface area (TPSA) is 76.5 Å². The third kappa shape index (κ3) is 5.28. The molecule has 8 heteroatoms. The van der Waals surface area contributed by atoms with Crippen LogP contribution in [0.15, 0.2) is 29.2 Å². The zero-order valence-electron chi connectivity index (χ0n) is 16.6. The summed E-state index contributed by atoms with van der Waals surface area (Å²) in [6.45, 7) is 8.51. The van der Waals surface area contributed by atoms with Gasteiger partial charge in [-0.05, 0) is 45.7 Å². The summed E-state index contributed by atoms with van der Waals surface area (Å²) in [6, 6.07) is 4.26. The number of amides is 1. The number of aromatic nitrogens is 2. The van der Waals surface area contributed by atoms with E-state index in [1.165, 1.54) is 18.3 Å². The number of nitrogens with zero attached hydrogens (tertiary/aromatic N) is 3. The number of alkyl carbamates (subject to hydrolysis) is 1. The van der Waals surface area contributed by atoms with Crippen molar-refractivity contribution < 1.29 is 13.9 Å². The Balaban J connectivity index is 1.54. The van der Waals surface area contributed by atoms with Gasteiger partial charge in [0.05, 0.1) is 17.2 Å². The molecule has 0 spiro atoms. The summed E-state index contributed by atoms with van der Waals surface area (Å²) in [4.78, 5) is 30.3. The molecule has 1 aromatic heterocycles. The van der Waals surface area contributed by atoms with Crippen LogP contribution >= 0.6 is 0 Å². The highest BCUT2D eigenvalue weighted by atomic mass is 19.1. The lowest BCUT2D eigenvalue weighted by atomic mass is 10.1. The van der Waals surface area contributed by atoms with Gasteiger partial charge < -0.3 is 19.5 Å². The Kier molecular flexibility index (Phi) is 5.98. The average molecular weight is 390 g/mol. The van der Waals surface area contributed by atoms with Crippen LogP contribution in [0.4, 0.5) is 9.18 Å². The van der Waals surface area contributed by atoms with Gasteiger partial charge in [0.25, 0.3) is 5.56 Å². The first kappa shape index (κ1) is 20.3. The second kappa shape index (κ2) is 8.26. The number of piperidine rings is 1. The van der Waals surface area contributed by atoms with Gasteiger partial charge in [-0.1, -0.05) is 0 Å². The Morgan fingerprint density at radius 2 is 2.00 bits per heavy atom. The van der Waals surface area contributed by atoms with Crippen molar-refractivity contribution in [3.8, 4) is 0 Å². The van der Waals surface area contributed by atoms with E-state index in [1.807, 2.05) is 20.8 Å². The third-order valence-electron chi connectivity index (χ3n) is 4.73. The molecular formula is C20H27FN4O3. The van der Waals surface area contributed by atoms with E-state index in [0.29, 0.717) is 24.1 Å². The van der Waals surface area contributed by atoms with Crippen LogP contribution in [0, 0.1) is 5.82 Å². The summed E-state index contributed by atoms with van der Waals surface area (Å²) in [5.41, 5.74) is 0.583. The second-order valence-electron chi connectivity index (χ2n) is 8.20. The fraction of sp³-hybridized carbons (Fsp3) is 0.550. The number of hydrogen-bond acceptors (Lipinski definition) is 5. The third-order valence-corrected chi connectivity index (χ3v) is 4.73. The van der Waals surface area contributed by atoms with Crippen molar-refractivity contribution >= 4 is 17.1 Å². The van der Waals surface area contributed by atoms with E-state index >= 15 is 0 Å². The molecule has 1 saturated heterocycles. The normalized spacial score (nSPS) is 16.3. The molecule has 2 heterocycles. The van der Waals surface area contributed by atoms with Crippen molar-refractivity contribution in [2.75, 3.05) is 19.6 Å². The van der Waals surface area contributed by atoms with Gasteiger partial charge in [0.15, 0.2) is 0 Å². The molecule has 0 atom stereocenters. The number of rotatable bonds is 4. The fourth-order valence-electron chi connectivity index (χ4n) is 3.35. The highest BCUT2D eigenvalue weighted by Crippen LogP contribution is 2.15. The smallest absolute Gasteiger partial charge is 0.407 e. The molecule has 152 valence electrons. The van der Waals surface area contributed by atoms with E-state index in [9.17, 15) is 14.0 Å². The number of nitrogens with one attached hydrogen (secondary N) is 1. The highest BCUT2D eigenvalue weighted by Gasteiger charge is 2.24. The number of carbonyl (C=O) groups excluding carboxylic acids is 1. The van der Waals surface area contributed by atoms with Gasteiger partial charge in [-0.3, -0.25) is 4.79 Å². The van der Waals surface area contributed by atoms with Gasteiger partial charge in [-0.25, -0.2) is 14.2 Å². The van der Waals surface area contributed by atoms with Crippen LogP contribution in [0.5, 0.6) is 0 Å². The van der Waals surface area contributed by atoms with E-state index in [4.69, 9.17) is 4.74 Å². The van der Waals surface area contributed by atoms with Crippen LogP contribution in [0.25, 0.3) is 11.0 Å². The van der Waals surface area contributed by atoms with E-state index in [-0.39, 0.29) is 29.1 Å². The number of carbonyl (C=O) groups is 1. The van der Waals surface area contributed by atoms with Crippen molar-refractivity contribution in [3.05, 3.63) is 40.6 Å². The van der Waals surface area contributed by atoms with Gasteiger partial charge in [0, 0.05) is 37.8 Å². The molecule has 0 saturated carbocycles. The molecule has 0 unspecified atom stereocenters. The minimum atomic E-state index is -0.381. The lowest BCUT2D eigenvalue weighted by molar-refractivity contribution is 0.0464. The zero-order chi connectivity index (χ0) is 20.3. The molecule has 7 nitrogen and oxygen atoms in total. The number of benzene rings is 1. The molecule has 1 amide bonds. The molecule has 1 aliphatic heterocycles. The second-order valence-corrected chi connectivity index (χ2v) is 8.20. The van der Waals surface area contributed by atoms with Crippen LogP contribution in [0.1, 0.15) is 33.6 Å². The van der Waals surface area contributed by atoms with Crippen molar-refractivity contribution in [2.45, 2.75) is 51.8 Å². The monoisotopic (exact) mass is 390 g/mol. The van der Waals surface area contributed by atoms with Crippen LogP contribution < -0.4 is 10.9 Å². The van der Waals surface area contributed by atoms with E-state index < -0.39 is 0 Å². The first-order valence-electron chi connectivity index (χ1n) is 9.57. The summed E-state index contributed by atoms with van der Waals surface area (Å²) in [5.74, 6) is -0.372. The zero-order valence-corrected chi connectivity index (χ0v) is 16.6. The average Bonchev–Trinajstić information content (AvgIpc) is 2.60. The highest BCUT2D eigenvalue weighted by molar-refractivity contribution is 5.74. The summed E-state index contributed by atoms with van der Waals surface area (Å²) in [6.07, 6.45) is 2.28. The Hall–Kier alpha value is -2.48. The van der Waals surface area contributed by atoms with Crippen molar-refractivity contribution in [3.63, 3.8) is 0 Å². The maximum absolute atomic E-state index is 13.4. The molecule has 1 fully saturated rings. The molecule has 3 rings (SSSR count). The Bertz CT molecular complexity index is 898. The van der Waals surface area contributed by atoms with E-state index in [1.54, 1.807) is 10.6 Å². The lowest BCUT2D eigenvalue weighted by Crippen LogP contribution is -2.45. The Morgan fingerprint density at radius 3 is 2.68 bits per heavy atom. The number of hydrogen-bond donors (Lipinski definition) is 1. The Morgan fingerprint density at radius 1 is 1.29 bits per heavy atom. The summed E-state index contributed by atoms with van der Waals surface area (Å²) < 4.78 is 20.5. The number of ether oxygens (including phenoxy) is 1. The molecular weight excluding hydrogens is 363 g/mol. The SMILES string of the molecule is CC(C)(C)NC(=O)OC1CCN(CCn2c(=O)cnc3cc(F)ccc32)CC1. The minimum Gasteiger partial charge on any atom is -0.446 e. The fourth-order valence-corrected chi connectivity index (χ4v) is 3.35. The van der Waals surface area contributed by atoms with Crippen LogP contribution in [0.2, 0.25) is 0 Å². The van der Waals surface area contributed by atoms with Gasteiger partial charge in [-0.2, -0.15) is 0 Å². The summed E-state index contributed by atoms with van der Waals surface area (Å²) in [7, 11) is 0. The molecule has 0 radical (unpaired) electrons. The molecule has 2 aromatic rings. The molecule has 1 aromatic carbocycles.